The van der Waals surface area contributed by atoms with E-state index in [4.69, 9.17) is 9.47 Å². The molecule has 2 aromatic rings. The zero-order chi connectivity index (χ0) is 19.3. The summed E-state index contributed by atoms with van der Waals surface area (Å²) in [7, 11) is -0.632. The molecule has 0 heterocycles. The lowest BCUT2D eigenvalue weighted by molar-refractivity contribution is -0.116. The van der Waals surface area contributed by atoms with Crippen LogP contribution in [-0.2, 0) is 14.8 Å². The average molecular weight is 378 g/mol. The Hall–Kier alpha value is -2.74. The number of benzene rings is 2. The Bertz CT molecular complexity index is 865. The monoisotopic (exact) mass is 378 g/mol. The molecule has 0 aliphatic carbocycles. The number of anilines is 2. The van der Waals surface area contributed by atoms with E-state index in [2.05, 4.69) is 5.32 Å². The summed E-state index contributed by atoms with van der Waals surface area (Å²) >= 11 is 0. The molecule has 0 fully saturated rings. The van der Waals surface area contributed by atoms with Crippen LogP contribution in [0.2, 0.25) is 0 Å². The van der Waals surface area contributed by atoms with Crippen molar-refractivity contribution in [1.29, 1.82) is 0 Å². The van der Waals surface area contributed by atoms with Crippen LogP contribution in [0.15, 0.2) is 48.5 Å². The second-order valence-electron chi connectivity index (χ2n) is 5.65. The molecule has 7 nitrogen and oxygen atoms in total. The van der Waals surface area contributed by atoms with Gasteiger partial charge in [0.15, 0.2) is 0 Å². The first kappa shape index (κ1) is 19.6. The van der Waals surface area contributed by atoms with Crippen LogP contribution in [0.3, 0.4) is 0 Å². The zero-order valence-corrected chi connectivity index (χ0v) is 15.9. The maximum absolute atomic E-state index is 12.6. The Morgan fingerprint density at radius 3 is 2.19 bits per heavy atom. The van der Waals surface area contributed by atoms with Gasteiger partial charge in [-0.15, -0.1) is 0 Å². The Kier molecular flexibility index (Phi) is 6.10. The van der Waals surface area contributed by atoms with Gasteiger partial charge in [0.2, 0.25) is 15.9 Å². The lowest BCUT2D eigenvalue weighted by atomic mass is 10.2. The molecule has 2 rings (SSSR count). The Labute approximate surface area is 153 Å². The fraction of sp³-hybridized carbons (Fsp3) is 0.278. The average Bonchev–Trinajstić information content (AvgIpc) is 2.61. The highest BCUT2D eigenvalue weighted by atomic mass is 32.2. The van der Waals surface area contributed by atoms with Gasteiger partial charge < -0.3 is 14.8 Å². The van der Waals surface area contributed by atoms with Crippen LogP contribution in [0, 0.1) is 0 Å². The van der Waals surface area contributed by atoms with Crippen molar-refractivity contribution in [2.45, 2.75) is 13.0 Å². The summed E-state index contributed by atoms with van der Waals surface area (Å²) in [5, 5.41) is 2.71. The van der Waals surface area contributed by atoms with E-state index in [1.54, 1.807) is 48.5 Å². The molecule has 140 valence electrons. The molecule has 0 bridgehead atoms. The Balaban J connectivity index is 2.27. The van der Waals surface area contributed by atoms with Gasteiger partial charge in [-0.2, -0.15) is 0 Å². The summed E-state index contributed by atoms with van der Waals surface area (Å²) < 4.78 is 35.8. The van der Waals surface area contributed by atoms with Crippen molar-refractivity contribution in [3.05, 3.63) is 48.5 Å². The van der Waals surface area contributed by atoms with E-state index in [-0.39, 0.29) is 0 Å². The number of ether oxygens (including phenoxy) is 2. The summed E-state index contributed by atoms with van der Waals surface area (Å²) in [6.07, 6.45) is 1.06. The molecule has 1 atom stereocenters. The van der Waals surface area contributed by atoms with E-state index in [1.165, 1.54) is 21.1 Å². The fourth-order valence-electron chi connectivity index (χ4n) is 2.49. The summed E-state index contributed by atoms with van der Waals surface area (Å²) in [5.41, 5.74) is 0.894. The number of hydrogen-bond donors (Lipinski definition) is 1. The molecular weight excluding hydrogens is 356 g/mol. The van der Waals surface area contributed by atoms with Crippen molar-refractivity contribution < 1.29 is 22.7 Å². The van der Waals surface area contributed by atoms with E-state index in [9.17, 15) is 13.2 Å². The van der Waals surface area contributed by atoms with Gasteiger partial charge in [0.05, 0.1) is 26.2 Å². The molecule has 1 N–H and O–H groups in total. The first-order valence-electron chi connectivity index (χ1n) is 7.84. The molecule has 0 aromatic heterocycles. The molecule has 2 aromatic carbocycles. The van der Waals surface area contributed by atoms with Gasteiger partial charge >= 0.3 is 0 Å². The molecule has 1 amide bonds. The fourth-order valence-corrected chi connectivity index (χ4v) is 3.66. The summed E-state index contributed by atoms with van der Waals surface area (Å²) in [6, 6.07) is 12.3. The second-order valence-corrected chi connectivity index (χ2v) is 7.51. The summed E-state index contributed by atoms with van der Waals surface area (Å²) in [6.45, 7) is 1.53. The van der Waals surface area contributed by atoms with Crippen LogP contribution in [0.1, 0.15) is 6.92 Å². The van der Waals surface area contributed by atoms with E-state index >= 15 is 0 Å². The lowest BCUT2D eigenvalue weighted by Gasteiger charge is -2.28. The molecule has 0 radical (unpaired) electrons. The van der Waals surface area contributed by atoms with E-state index in [1.807, 2.05) is 0 Å². The summed E-state index contributed by atoms with van der Waals surface area (Å²) in [4.78, 5) is 12.6. The van der Waals surface area contributed by atoms with E-state index in [0.29, 0.717) is 22.9 Å². The van der Waals surface area contributed by atoms with Crippen molar-refractivity contribution in [3.8, 4) is 11.5 Å². The van der Waals surface area contributed by atoms with Crippen molar-refractivity contribution >= 4 is 27.3 Å². The second kappa shape index (κ2) is 8.09. The standard InChI is InChI=1S/C18H22N2O5S/c1-13(18(21)19-14-6-5-7-17(12-14)25-3)20(26(4,22)23)15-8-10-16(24-2)11-9-15/h5-13H,1-4H3,(H,19,21). The summed E-state index contributed by atoms with van der Waals surface area (Å²) in [5.74, 6) is 0.723. The predicted molar refractivity (Wildman–Crippen MR) is 101 cm³/mol. The largest absolute Gasteiger partial charge is 0.497 e. The van der Waals surface area contributed by atoms with Crippen LogP contribution in [0.4, 0.5) is 11.4 Å². The van der Waals surface area contributed by atoms with Crippen LogP contribution < -0.4 is 19.1 Å². The topological polar surface area (TPSA) is 84.9 Å². The minimum absolute atomic E-state index is 0.376. The first-order valence-corrected chi connectivity index (χ1v) is 9.69. The van der Waals surface area contributed by atoms with E-state index < -0.39 is 22.0 Å². The number of carbonyl (C=O) groups excluding carboxylic acids is 1. The molecular formula is C18H22N2O5S. The van der Waals surface area contributed by atoms with Crippen LogP contribution >= 0.6 is 0 Å². The van der Waals surface area contributed by atoms with Gasteiger partial charge in [-0.05, 0) is 43.3 Å². The molecule has 0 aliphatic rings. The van der Waals surface area contributed by atoms with Crippen LogP contribution in [0.25, 0.3) is 0 Å². The van der Waals surface area contributed by atoms with Gasteiger partial charge in [0.25, 0.3) is 0 Å². The Morgan fingerprint density at radius 1 is 1.04 bits per heavy atom. The highest BCUT2D eigenvalue weighted by Gasteiger charge is 2.29. The maximum Gasteiger partial charge on any atom is 0.247 e. The third-order valence-electron chi connectivity index (χ3n) is 3.75. The van der Waals surface area contributed by atoms with Crippen LogP contribution in [-0.4, -0.2) is 40.8 Å². The molecule has 1 unspecified atom stereocenters. The minimum Gasteiger partial charge on any atom is -0.497 e. The zero-order valence-electron chi connectivity index (χ0n) is 15.1. The molecule has 26 heavy (non-hydrogen) atoms. The van der Waals surface area contributed by atoms with Gasteiger partial charge in [0, 0.05) is 11.8 Å². The number of nitrogens with zero attached hydrogens (tertiary/aromatic N) is 1. The van der Waals surface area contributed by atoms with Gasteiger partial charge in [0.1, 0.15) is 17.5 Å². The SMILES string of the molecule is COc1ccc(N(C(C)C(=O)Nc2cccc(OC)c2)S(C)(=O)=O)cc1. The van der Waals surface area contributed by atoms with Crippen molar-refractivity contribution in [1.82, 2.24) is 0 Å². The minimum atomic E-state index is -3.68. The molecule has 0 spiro atoms. The first-order chi connectivity index (χ1) is 12.3. The van der Waals surface area contributed by atoms with Crippen molar-refractivity contribution in [2.24, 2.45) is 0 Å². The number of hydrogen-bond acceptors (Lipinski definition) is 5. The lowest BCUT2D eigenvalue weighted by Crippen LogP contribution is -2.45. The number of amides is 1. The van der Waals surface area contributed by atoms with Crippen LogP contribution in [0.5, 0.6) is 11.5 Å². The smallest absolute Gasteiger partial charge is 0.247 e. The Morgan fingerprint density at radius 2 is 1.65 bits per heavy atom. The quantitative estimate of drug-likeness (QED) is 0.800. The number of rotatable bonds is 7. The molecule has 8 heteroatoms. The van der Waals surface area contributed by atoms with Gasteiger partial charge in [-0.1, -0.05) is 6.07 Å². The number of nitrogens with one attached hydrogen (secondary N) is 1. The normalized spacial score (nSPS) is 12.2. The molecule has 0 saturated heterocycles. The van der Waals surface area contributed by atoms with Gasteiger partial charge in [-0.3, -0.25) is 9.10 Å². The van der Waals surface area contributed by atoms with E-state index in [0.717, 1.165) is 10.6 Å². The van der Waals surface area contributed by atoms with Crippen molar-refractivity contribution in [2.75, 3.05) is 30.1 Å². The molecule has 0 saturated carbocycles. The number of sulfonamides is 1. The highest BCUT2D eigenvalue weighted by molar-refractivity contribution is 7.92. The maximum atomic E-state index is 12.6. The predicted octanol–water partition coefficient (Wildman–Crippen LogP) is 2.50. The highest BCUT2D eigenvalue weighted by Crippen LogP contribution is 2.25. The number of carbonyl (C=O) groups is 1. The van der Waals surface area contributed by atoms with Gasteiger partial charge in [-0.25, -0.2) is 8.42 Å². The van der Waals surface area contributed by atoms with Crippen molar-refractivity contribution in [3.63, 3.8) is 0 Å². The molecule has 0 aliphatic heterocycles. The third kappa shape index (κ3) is 4.66. The number of methoxy groups -OCH3 is 2. The third-order valence-corrected chi connectivity index (χ3v) is 4.99.